The molecule has 2 heterocycles. The molecule has 0 bridgehead atoms. The van der Waals surface area contributed by atoms with Crippen LogP contribution in [0, 0.1) is 0 Å². The van der Waals surface area contributed by atoms with Crippen molar-refractivity contribution in [3.05, 3.63) is 17.7 Å². The lowest BCUT2D eigenvalue weighted by molar-refractivity contribution is 0.742. The zero-order chi connectivity index (χ0) is 12.4. The standard InChI is InChI=1S/C15H21N3/c1-2-3-10-18-11-9-17-14-7-6-13-12(15(14)18)5-4-8-16-13/h6-7,9,16H,2-5,8,10-11H2,1H3. The molecular formula is C15H21N3. The molecule has 96 valence electrons. The lowest BCUT2D eigenvalue weighted by Gasteiger charge is -2.32. The van der Waals surface area contributed by atoms with Gasteiger partial charge in [0.15, 0.2) is 0 Å². The third-order valence-corrected chi connectivity index (χ3v) is 3.81. The highest BCUT2D eigenvalue weighted by atomic mass is 15.2. The van der Waals surface area contributed by atoms with Gasteiger partial charge < -0.3 is 10.2 Å². The molecule has 3 heteroatoms. The van der Waals surface area contributed by atoms with Crippen LogP contribution in [0.25, 0.3) is 0 Å². The van der Waals surface area contributed by atoms with Crippen molar-refractivity contribution in [2.75, 3.05) is 29.9 Å². The Balaban J connectivity index is 2.00. The van der Waals surface area contributed by atoms with E-state index in [4.69, 9.17) is 0 Å². The Bertz CT molecular complexity index is 465. The Kier molecular flexibility index (Phi) is 3.22. The van der Waals surface area contributed by atoms with Gasteiger partial charge in [-0.05, 0) is 31.4 Å². The molecule has 2 aliphatic heterocycles. The third-order valence-electron chi connectivity index (χ3n) is 3.81. The van der Waals surface area contributed by atoms with Gasteiger partial charge in [-0.25, -0.2) is 0 Å². The van der Waals surface area contributed by atoms with Gasteiger partial charge in [0.1, 0.15) is 0 Å². The van der Waals surface area contributed by atoms with E-state index in [0.717, 1.165) is 25.3 Å². The van der Waals surface area contributed by atoms with Crippen LogP contribution in [0.4, 0.5) is 17.1 Å². The van der Waals surface area contributed by atoms with Gasteiger partial charge in [-0.3, -0.25) is 4.99 Å². The van der Waals surface area contributed by atoms with Crippen molar-refractivity contribution in [1.82, 2.24) is 0 Å². The van der Waals surface area contributed by atoms with Crippen LogP contribution in [0.2, 0.25) is 0 Å². The number of unbranched alkanes of at least 4 members (excludes halogenated alkanes) is 1. The van der Waals surface area contributed by atoms with Crippen molar-refractivity contribution >= 4 is 23.3 Å². The van der Waals surface area contributed by atoms with Gasteiger partial charge in [0.05, 0.1) is 17.9 Å². The molecule has 0 spiro atoms. The van der Waals surface area contributed by atoms with E-state index in [1.54, 1.807) is 0 Å². The zero-order valence-electron chi connectivity index (χ0n) is 11.1. The smallest absolute Gasteiger partial charge is 0.0864 e. The van der Waals surface area contributed by atoms with E-state index in [9.17, 15) is 0 Å². The maximum absolute atomic E-state index is 4.56. The van der Waals surface area contributed by atoms with Crippen LogP contribution in [-0.2, 0) is 6.42 Å². The Labute approximate surface area is 109 Å². The molecule has 1 N–H and O–H groups in total. The Morgan fingerprint density at radius 1 is 1.39 bits per heavy atom. The maximum Gasteiger partial charge on any atom is 0.0864 e. The van der Waals surface area contributed by atoms with Gasteiger partial charge in [0.2, 0.25) is 0 Å². The van der Waals surface area contributed by atoms with Crippen molar-refractivity contribution in [3.63, 3.8) is 0 Å². The Morgan fingerprint density at radius 2 is 2.33 bits per heavy atom. The van der Waals surface area contributed by atoms with Crippen molar-refractivity contribution in [2.45, 2.75) is 32.6 Å². The lowest BCUT2D eigenvalue weighted by Crippen LogP contribution is -2.30. The molecule has 2 aliphatic rings. The number of nitrogens with one attached hydrogen (secondary N) is 1. The average molecular weight is 243 g/mol. The summed E-state index contributed by atoms with van der Waals surface area (Å²) in [5.41, 5.74) is 5.33. The molecule has 0 aromatic heterocycles. The first-order valence-electron chi connectivity index (χ1n) is 7.07. The van der Waals surface area contributed by atoms with Crippen molar-refractivity contribution < 1.29 is 0 Å². The van der Waals surface area contributed by atoms with Crippen LogP contribution in [0.3, 0.4) is 0 Å². The highest BCUT2D eigenvalue weighted by Crippen LogP contribution is 2.40. The molecule has 0 unspecified atom stereocenters. The number of hydrogen-bond acceptors (Lipinski definition) is 3. The molecule has 18 heavy (non-hydrogen) atoms. The number of aliphatic imine (C=N–C) groups is 1. The minimum atomic E-state index is 0.962. The molecule has 3 rings (SSSR count). The summed E-state index contributed by atoms with van der Waals surface area (Å²) in [5, 5.41) is 3.51. The minimum Gasteiger partial charge on any atom is -0.385 e. The van der Waals surface area contributed by atoms with E-state index in [-0.39, 0.29) is 0 Å². The first-order valence-corrected chi connectivity index (χ1v) is 7.07. The van der Waals surface area contributed by atoms with Gasteiger partial charge in [0.25, 0.3) is 0 Å². The molecule has 1 aromatic rings. The predicted octanol–water partition coefficient (Wildman–Crippen LogP) is 3.37. The molecule has 1 aromatic carbocycles. The predicted molar refractivity (Wildman–Crippen MR) is 78.5 cm³/mol. The molecule has 0 amide bonds. The summed E-state index contributed by atoms with van der Waals surface area (Å²) in [6.07, 6.45) is 6.96. The van der Waals surface area contributed by atoms with Crippen LogP contribution < -0.4 is 10.2 Å². The second-order valence-corrected chi connectivity index (χ2v) is 5.10. The van der Waals surface area contributed by atoms with E-state index < -0.39 is 0 Å². The minimum absolute atomic E-state index is 0.962. The highest BCUT2D eigenvalue weighted by molar-refractivity contribution is 5.87. The summed E-state index contributed by atoms with van der Waals surface area (Å²) in [5.74, 6) is 0. The number of nitrogens with zero attached hydrogens (tertiary/aromatic N) is 2. The largest absolute Gasteiger partial charge is 0.385 e. The van der Waals surface area contributed by atoms with Crippen LogP contribution in [0.5, 0.6) is 0 Å². The van der Waals surface area contributed by atoms with E-state index >= 15 is 0 Å². The summed E-state index contributed by atoms with van der Waals surface area (Å²) < 4.78 is 0. The second-order valence-electron chi connectivity index (χ2n) is 5.10. The molecular weight excluding hydrogens is 222 g/mol. The van der Waals surface area contributed by atoms with E-state index in [0.29, 0.717) is 0 Å². The van der Waals surface area contributed by atoms with E-state index in [1.165, 1.54) is 42.6 Å². The summed E-state index contributed by atoms with van der Waals surface area (Å²) in [6.45, 7) is 5.46. The topological polar surface area (TPSA) is 27.6 Å². The highest BCUT2D eigenvalue weighted by Gasteiger charge is 2.22. The maximum atomic E-state index is 4.56. The molecule has 0 fully saturated rings. The van der Waals surface area contributed by atoms with Crippen molar-refractivity contribution in [2.24, 2.45) is 4.99 Å². The number of anilines is 2. The lowest BCUT2D eigenvalue weighted by atomic mass is 9.98. The van der Waals surface area contributed by atoms with Crippen LogP contribution in [0.15, 0.2) is 17.1 Å². The fraction of sp³-hybridized carbons (Fsp3) is 0.533. The summed E-state index contributed by atoms with van der Waals surface area (Å²) >= 11 is 0. The van der Waals surface area contributed by atoms with Gasteiger partial charge in [-0.2, -0.15) is 0 Å². The molecule has 0 saturated carbocycles. The average Bonchev–Trinajstić information content (AvgIpc) is 2.44. The monoisotopic (exact) mass is 243 g/mol. The zero-order valence-corrected chi connectivity index (χ0v) is 11.1. The third kappa shape index (κ3) is 1.98. The van der Waals surface area contributed by atoms with Crippen LogP contribution in [-0.4, -0.2) is 25.8 Å². The van der Waals surface area contributed by atoms with Gasteiger partial charge in [-0.1, -0.05) is 13.3 Å². The van der Waals surface area contributed by atoms with Gasteiger partial charge in [-0.15, -0.1) is 0 Å². The second kappa shape index (κ2) is 5.01. The summed E-state index contributed by atoms with van der Waals surface area (Å²) in [4.78, 5) is 7.06. The Morgan fingerprint density at radius 3 is 3.22 bits per heavy atom. The summed E-state index contributed by atoms with van der Waals surface area (Å²) in [6, 6.07) is 4.34. The number of benzene rings is 1. The first kappa shape index (κ1) is 11.6. The number of fused-ring (bicyclic) bond motifs is 3. The van der Waals surface area contributed by atoms with Crippen molar-refractivity contribution in [3.8, 4) is 0 Å². The normalized spacial score (nSPS) is 17.1. The molecule has 0 atom stereocenters. The van der Waals surface area contributed by atoms with Crippen molar-refractivity contribution in [1.29, 1.82) is 0 Å². The molecule has 0 aliphatic carbocycles. The first-order chi connectivity index (χ1) is 8.90. The number of hydrogen-bond donors (Lipinski definition) is 1. The molecule has 0 radical (unpaired) electrons. The SMILES string of the molecule is CCCCN1CC=Nc2ccc3c(c21)CCCN3. The fourth-order valence-corrected chi connectivity index (χ4v) is 2.87. The number of rotatable bonds is 3. The molecule has 0 saturated heterocycles. The summed E-state index contributed by atoms with van der Waals surface area (Å²) in [7, 11) is 0. The fourth-order valence-electron chi connectivity index (χ4n) is 2.87. The van der Waals surface area contributed by atoms with E-state index in [2.05, 4.69) is 34.3 Å². The van der Waals surface area contributed by atoms with Crippen LogP contribution in [0.1, 0.15) is 31.7 Å². The quantitative estimate of drug-likeness (QED) is 0.881. The van der Waals surface area contributed by atoms with Gasteiger partial charge >= 0.3 is 0 Å². The van der Waals surface area contributed by atoms with Gasteiger partial charge in [0, 0.05) is 30.6 Å². The van der Waals surface area contributed by atoms with E-state index in [1.807, 2.05) is 6.21 Å². The Hall–Kier alpha value is -1.51. The van der Waals surface area contributed by atoms with Crippen LogP contribution >= 0.6 is 0 Å². The molecule has 3 nitrogen and oxygen atoms in total.